The lowest BCUT2D eigenvalue weighted by Crippen LogP contribution is -2.32. The molecule has 4 nitrogen and oxygen atoms in total. The van der Waals surface area contributed by atoms with Gasteiger partial charge in [-0.15, -0.1) is 0 Å². The molecule has 1 atom stereocenters. The molecule has 0 fully saturated rings. The van der Waals surface area contributed by atoms with E-state index in [0.29, 0.717) is 18.0 Å². The van der Waals surface area contributed by atoms with E-state index < -0.39 is 0 Å². The van der Waals surface area contributed by atoms with E-state index in [0.717, 1.165) is 6.42 Å². The number of ether oxygens (including phenoxy) is 1. The predicted octanol–water partition coefficient (Wildman–Crippen LogP) is 2.64. The van der Waals surface area contributed by atoms with Crippen molar-refractivity contribution in [2.75, 3.05) is 19.0 Å². The zero-order chi connectivity index (χ0) is 14.5. The molecule has 0 spiro atoms. The number of carbonyl (C=O) groups is 1. The Kier molecular flexibility index (Phi) is 5.36. The average Bonchev–Trinajstić information content (AvgIpc) is 2.35. The fraction of sp³-hybridized carbons (Fsp3) is 0.533. The summed E-state index contributed by atoms with van der Waals surface area (Å²) < 4.78 is 5.21. The lowest BCUT2D eigenvalue weighted by Gasteiger charge is -2.24. The maximum Gasteiger partial charge on any atom is 0.228 e. The quantitative estimate of drug-likeness (QED) is 0.859. The normalized spacial score (nSPS) is 12.9. The molecule has 0 aromatic heterocycles. The van der Waals surface area contributed by atoms with Gasteiger partial charge in [-0.1, -0.05) is 32.9 Å². The Morgan fingerprint density at radius 3 is 2.53 bits per heavy atom. The van der Waals surface area contributed by atoms with Gasteiger partial charge >= 0.3 is 0 Å². The Labute approximate surface area is 115 Å². The zero-order valence-corrected chi connectivity index (χ0v) is 12.2. The second-order valence-corrected chi connectivity index (χ2v) is 5.89. The molecule has 0 saturated carbocycles. The zero-order valence-electron chi connectivity index (χ0n) is 12.2. The number of hydrogen-bond acceptors (Lipinski definition) is 3. The maximum atomic E-state index is 12.2. The van der Waals surface area contributed by atoms with Crippen LogP contribution in [0.3, 0.4) is 0 Å². The number of nitrogens with two attached hydrogens (primary N) is 1. The number of carbonyl (C=O) groups excluding carboxylic acids is 1. The number of rotatable bonds is 5. The standard InChI is InChI=1S/C15H24N2O2/c1-15(2,3)9-11(10-16)14(18)17-12-7-5-6-8-13(12)19-4/h5-8,11H,9-10,16H2,1-4H3,(H,17,18). The van der Waals surface area contributed by atoms with E-state index in [-0.39, 0.29) is 17.2 Å². The number of hydrogen-bond donors (Lipinski definition) is 2. The van der Waals surface area contributed by atoms with E-state index in [1.807, 2.05) is 24.3 Å². The SMILES string of the molecule is COc1ccccc1NC(=O)C(CN)CC(C)(C)C. The molecule has 0 radical (unpaired) electrons. The number of benzene rings is 1. The molecule has 0 heterocycles. The molecule has 1 rings (SSSR count). The van der Waals surface area contributed by atoms with Crippen LogP contribution in [0.1, 0.15) is 27.2 Å². The molecule has 0 saturated heterocycles. The van der Waals surface area contributed by atoms with E-state index in [1.54, 1.807) is 7.11 Å². The van der Waals surface area contributed by atoms with Gasteiger partial charge in [-0.25, -0.2) is 0 Å². The Morgan fingerprint density at radius 1 is 1.37 bits per heavy atom. The first-order chi connectivity index (χ1) is 8.87. The Balaban J connectivity index is 2.77. The van der Waals surface area contributed by atoms with Crippen LogP contribution in [0.5, 0.6) is 5.75 Å². The molecular formula is C15H24N2O2. The van der Waals surface area contributed by atoms with Crippen molar-refractivity contribution in [3.8, 4) is 5.75 Å². The van der Waals surface area contributed by atoms with E-state index in [9.17, 15) is 4.79 Å². The minimum atomic E-state index is -0.190. The average molecular weight is 264 g/mol. The summed E-state index contributed by atoms with van der Waals surface area (Å²) >= 11 is 0. The summed E-state index contributed by atoms with van der Waals surface area (Å²) in [6, 6.07) is 7.36. The van der Waals surface area contributed by atoms with Crippen LogP contribution in [0.2, 0.25) is 0 Å². The van der Waals surface area contributed by atoms with Crippen LogP contribution in [0, 0.1) is 11.3 Å². The fourth-order valence-electron chi connectivity index (χ4n) is 2.00. The van der Waals surface area contributed by atoms with Crippen LogP contribution in [0.25, 0.3) is 0 Å². The van der Waals surface area contributed by atoms with Crippen molar-refractivity contribution in [2.45, 2.75) is 27.2 Å². The first-order valence-electron chi connectivity index (χ1n) is 6.51. The van der Waals surface area contributed by atoms with Crippen molar-refractivity contribution in [3.63, 3.8) is 0 Å². The van der Waals surface area contributed by atoms with E-state index in [1.165, 1.54) is 0 Å². The predicted molar refractivity (Wildman–Crippen MR) is 78.2 cm³/mol. The van der Waals surface area contributed by atoms with Crippen molar-refractivity contribution in [1.29, 1.82) is 0 Å². The van der Waals surface area contributed by atoms with Crippen molar-refractivity contribution in [3.05, 3.63) is 24.3 Å². The first-order valence-corrected chi connectivity index (χ1v) is 6.51. The number of para-hydroxylation sites is 2. The Bertz CT molecular complexity index is 424. The maximum absolute atomic E-state index is 12.2. The van der Waals surface area contributed by atoms with Gasteiger partial charge in [0.15, 0.2) is 0 Å². The highest BCUT2D eigenvalue weighted by molar-refractivity contribution is 5.94. The number of nitrogens with one attached hydrogen (secondary N) is 1. The van der Waals surface area contributed by atoms with Gasteiger partial charge < -0.3 is 15.8 Å². The highest BCUT2D eigenvalue weighted by Crippen LogP contribution is 2.27. The summed E-state index contributed by atoms with van der Waals surface area (Å²) in [7, 11) is 1.58. The van der Waals surface area contributed by atoms with E-state index in [4.69, 9.17) is 10.5 Å². The van der Waals surface area contributed by atoms with Crippen LogP contribution < -0.4 is 15.8 Å². The molecular weight excluding hydrogens is 240 g/mol. The van der Waals surface area contributed by atoms with Crippen molar-refractivity contribution in [2.24, 2.45) is 17.1 Å². The van der Waals surface area contributed by atoms with E-state index >= 15 is 0 Å². The molecule has 3 N–H and O–H groups in total. The van der Waals surface area contributed by atoms with Crippen molar-refractivity contribution < 1.29 is 9.53 Å². The molecule has 0 aliphatic rings. The van der Waals surface area contributed by atoms with Crippen molar-refractivity contribution >= 4 is 11.6 Å². The third kappa shape index (κ3) is 4.91. The smallest absolute Gasteiger partial charge is 0.228 e. The van der Waals surface area contributed by atoms with Gasteiger partial charge in [0, 0.05) is 6.54 Å². The first kappa shape index (κ1) is 15.5. The van der Waals surface area contributed by atoms with Crippen LogP contribution in [-0.2, 0) is 4.79 Å². The minimum absolute atomic E-state index is 0.0538. The van der Waals surface area contributed by atoms with Gasteiger partial charge in [-0.2, -0.15) is 0 Å². The topological polar surface area (TPSA) is 64.3 Å². The third-order valence-corrected chi connectivity index (χ3v) is 2.88. The summed E-state index contributed by atoms with van der Waals surface area (Å²) in [6.45, 7) is 6.66. The summed E-state index contributed by atoms with van der Waals surface area (Å²) in [6.07, 6.45) is 0.754. The van der Waals surface area contributed by atoms with Gasteiger partial charge in [0.05, 0.1) is 18.7 Å². The Hall–Kier alpha value is -1.55. The van der Waals surface area contributed by atoms with Crippen LogP contribution in [0.15, 0.2) is 24.3 Å². The summed E-state index contributed by atoms with van der Waals surface area (Å²) in [5.41, 5.74) is 6.47. The van der Waals surface area contributed by atoms with Crippen LogP contribution >= 0.6 is 0 Å². The van der Waals surface area contributed by atoms with Gasteiger partial charge in [0.25, 0.3) is 0 Å². The fourth-order valence-corrected chi connectivity index (χ4v) is 2.00. The van der Waals surface area contributed by atoms with Gasteiger partial charge in [-0.05, 0) is 24.0 Å². The second-order valence-electron chi connectivity index (χ2n) is 5.89. The summed E-state index contributed by atoms with van der Waals surface area (Å²) in [5, 5.41) is 2.89. The monoisotopic (exact) mass is 264 g/mol. The largest absolute Gasteiger partial charge is 0.495 e. The van der Waals surface area contributed by atoms with Crippen LogP contribution in [-0.4, -0.2) is 19.6 Å². The highest BCUT2D eigenvalue weighted by atomic mass is 16.5. The molecule has 19 heavy (non-hydrogen) atoms. The molecule has 1 unspecified atom stereocenters. The molecule has 1 amide bonds. The van der Waals surface area contributed by atoms with Gasteiger partial charge in [0.1, 0.15) is 5.75 Å². The molecule has 0 aliphatic carbocycles. The number of methoxy groups -OCH3 is 1. The van der Waals surface area contributed by atoms with Crippen molar-refractivity contribution in [1.82, 2.24) is 0 Å². The summed E-state index contributed by atoms with van der Waals surface area (Å²) in [4.78, 5) is 12.2. The second kappa shape index (κ2) is 6.57. The molecule has 1 aromatic rings. The number of anilines is 1. The van der Waals surface area contributed by atoms with Gasteiger partial charge in [0.2, 0.25) is 5.91 Å². The lowest BCUT2D eigenvalue weighted by atomic mass is 9.84. The molecule has 0 bridgehead atoms. The molecule has 1 aromatic carbocycles. The lowest BCUT2D eigenvalue weighted by molar-refractivity contribution is -0.120. The molecule has 106 valence electrons. The van der Waals surface area contributed by atoms with E-state index in [2.05, 4.69) is 26.1 Å². The molecule has 0 aliphatic heterocycles. The summed E-state index contributed by atoms with van der Waals surface area (Å²) in [5.74, 6) is 0.411. The third-order valence-electron chi connectivity index (χ3n) is 2.88. The van der Waals surface area contributed by atoms with Gasteiger partial charge in [-0.3, -0.25) is 4.79 Å². The number of amides is 1. The van der Waals surface area contributed by atoms with Crippen LogP contribution in [0.4, 0.5) is 5.69 Å². The molecule has 4 heteroatoms. The highest BCUT2D eigenvalue weighted by Gasteiger charge is 2.24. The Morgan fingerprint density at radius 2 is 2.00 bits per heavy atom. The minimum Gasteiger partial charge on any atom is -0.495 e.